The van der Waals surface area contributed by atoms with Crippen LogP contribution in [0.4, 0.5) is 0 Å². The fourth-order valence-corrected chi connectivity index (χ4v) is 6.60. The summed E-state index contributed by atoms with van der Waals surface area (Å²) < 4.78 is 88.7. The summed E-state index contributed by atoms with van der Waals surface area (Å²) in [6.45, 7) is 0. The third-order valence-electron chi connectivity index (χ3n) is 8.58. The number of aromatic nitrogens is 2. The molecule has 2 heteroatoms. The van der Waals surface area contributed by atoms with Crippen LogP contribution in [0.1, 0.15) is 13.7 Å². The first-order valence-electron chi connectivity index (χ1n) is 20.2. The molecule has 8 aromatic carbocycles. The largest absolute Gasteiger partial charge is 0.292 e. The highest BCUT2D eigenvalue weighted by Gasteiger charge is 2.22. The van der Waals surface area contributed by atoms with Crippen LogP contribution in [-0.4, -0.2) is 9.55 Å². The zero-order chi connectivity index (χ0) is 39.9. The van der Waals surface area contributed by atoms with E-state index in [0.717, 1.165) is 33.0 Å². The Bertz CT molecular complexity index is 3080. The summed E-state index contributed by atoms with van der Waals surface area (Å²) in [6.07, 6.45) is 0. The molecule has 9 rings (SSSR count). The lowest BCUT2D eigenvalue weighted by molar-refractivity contribution is 1.10. The van der Waals surface area contributed by atoms with Crippen LogP contribution in [-0.2, 0) is 0 Å². The van der Waals surface area contributed by atoms with Crippen molar-refractivity contribution in [1.82, 2.24) is 9.55 Å². The number of hydrogen-bond donors (Lipinski definition) is 0. The van der Waals surface area contributed by atoms with Gasteiger partial charge in [0.2, 0.25) is 0 Å². The Morgan fingerprint density at radius 3 is 1.85 bits per heavy atom. The van der Waals surface area contributed by atoms with Crippen LogP contribution in [0.15, 0.2) is 182 Å². The van der Waals surface area contributed by atoms with Crippen molar-refractivity contribution in [2.24, 2.45) is 0 Å². The molecule has 0 aliphatic heterocycles. The van der Waals surface area contributed by atoms with E-state index >= 15 is 0 Å². The topological polar surface area (TPSA) is 17.8 Å². The van der Waals surface area contributed by atoms with Crippen LogP contribution >= 0.6 is 0 Å². The first kappa shape index (κ1) is 18.7. The molecule has 0 amide bonds. The van der Waals surface area contributed by atoms with Gasteiger partial charge in [0.15, 0.2) is 0 Å². The Balaban J connectivity index is 1.45. The Morgan fingerprint density at radius 2 is 1.06 bits per heavy atom. The van der Waals surface area contributed by atoms with Gasteiger partial charge in [-0.2, -0.15) is 0 Å². The van der Waals surface area contributed by atoms with E-state index in [9.17, 15) is 0 Å². The molecule has 0 unspecified atom stereocenters. The minimum Gasteiger partial charge on any atom is -0.292 e. The van der Waals surface area contributed by atoms with Gasteiger partial charge in [-0.1, -0.05) is 157 Å². The summed E-state index contributed by atoms with van der Waals surface area (Å²) in [5.74, 6) is 0.177. The van der Waals surface area contributed by atoms with Crippen LogP contribution in [0, 0.1) is 0 Å². The van der Waals surface area contributed by atoms with Crippen molar-refractivity contribution in [2.45, 2.75) is 0 Å². The highest BCUT2D eigenvalue weighted by molar-refractivity contribution is 6.22. The van der Waals surface area contributed by atoms with Gasteiger partial charge in [0.05, 0.1) is 30.4 Å². The summed E-state index contributed by atoms with van der Waals surface area (Å²) in [5, 5.41) is 2.83. The molecule has 0 fully saturated rings. The summed E-state index contributed by atoms with van der Waals surface area (Å²) in [7, 11) is 0. The van der Waals surface area contributed by atoms with Gasteiger partial charge < -0.3 is 0 Å². The molecule has 0 N–H and O–H groups in total. The molecule has 9 aromatic rings. The third-order valence-corrected chi connectivity index (χ3v) is 8.58. The fourth-order valence-electron chi connectivity index (χ4n) is 6.60. The molecule has 220 valence electrons. The molecule has 0 saturated heterocycles. The van der Waals surface area contributed by atoms with E-state index in [1.807, 2.05) is 126 Å². The number of fused-ring (bicyclic) bond motifs is 3. The standard InChI is InChI=1S/C45H30N2/c1-4-16-31(17-5-1)34-28-29-37-39(30-34)43(32-18-6-2-7-19-32)35-22-10-11-23-36(35)44(37)38-24-12-14-26-41(38)47-42-27-15-13-25-40(42)46-45(47)33-20-8-3-9-21-33/h1-30H/i2D,3D,6D,7D,8D,9D,18D,19D,20D,21D. The van der Waals surface area contributed by atoms with E-state index in [1.54, 1.807) is 0 Å². The van der Waals surface area contributed by atoms with E-state index < -0.39 is 36.3 Å². The summed E-state index contributed by atoms with van der Waals surface area (Å²) in [5.41, 5.74) is 5.74. The summed E-state index contributed by atoms with van der Waals surface area (Å²) >= 11 is 0. The molecular formula is C45H30N2. The van der Waals surface area contributed by atoms with Gasteiger partial charge in [0.25, 0.3) is 0 Å². The van der Waals surface area contributed by atoms with Crippen molar-refractivity contribution in [3.63, 3.8) is 0 Å². The Morgan fingerprint density at radius 1 is 0.447 bits per heavy atom. The van der Waals surface area contributed by atoms with Crippen LogP contribution in [0.2, 0.25) is 0 Å². The van der Waals surface area contributed by atoms with Gasteiger partial charge >= 0.3 is 0 Å². The first-order chi connectivity index (χ1) is 27.5. The maximum absolute atomic E-state index is 9.10. The maximum Gasteiger partial charge on any atom is 0.145 e. The maximum atomic E-state index is 9.10. The highest BCUT2D eigenvalue weighted by Crippen LogP contribution is 2.46. The molecule has 0 aliphatic rings. The molecular weight excluding hydrogens is 569 g/mol. The molecule has 0 spiro atoms. The molecule has 0 atom stereocenters. The Kier molecular flexibility index (Phi) is 4.48. The Labute approximate surface area is 287 Å². The number of benzene rings is 8. The van der Waals surface area contributed by atoms with Crippen LogP contribution in [0.5, 0.6) is 0 Å². The second-order valence-electron chi connectivity index (χ2n) is 11.2. The average molecular weight is 609 g/mol. The average Bonchev–Trinajstić information content (AvgIpc) is 3.62. The van der Waals surface area contributed by atoms with Gasteiger partial charge in [-0.3, -0.25) is 4.57 Å². The molecule has 0 radical (unpaired) electrons. The Hall–Kier alpha value is -6.25. The van der Waals surface area contributed by atoms with Crippen LogP contribution in [0.3, 0.4) is 0 Å². The molecule has 0 bridgehead atoms. The molecule has 0 saturated carbocycles. The van der Waals surface area contributed by atoms with Crippen LogP contribution in [0.25, 0.3) is 83.0 Å². The van der Waals surface area contributed by atoms with E-state index in [-0.39, 0.29) is 41.1 Å². The van der Waals surface area contributed by atoms with Crippen molar-refractivity contribution < 1.29 is 13.7 Å². The van der Waals surface area contributed by atoms with E-state index in [2.05, 4.69) is 0 Å². The lowest BCUT2D eigenvalue weighted by Gasteiger charge is -2.21. The SMILES string of the molecule is [2H]c1c([2H])c([2H])c(-c2c3ccccc3c(-c3ccccc3-n3c(-c4c([2H])c([2H])c([2H])c([2H])c4[2H])nc4ccccc43)c3ccc(-c4ccccc4)cc23)c([2H])c1[2H]. The predicted molar refractivity (Wildman–Crippen MR) is 198 cm³/mol. The zero-order valence-corrected chi connectivity index (χ0v) is 24.9. The molecule has 1 aromatic heterocycles. The number of nitrogens with zero attached hydrogens (tertiary/aromatic N) is 2. The second-order valence-corrected chi connectivity index (χ2v) is 11.2. The minimum absolute atomic E-state index is 0.0363. The zero-order valence-electron chi connectivity index (χ0n) is 34.9. The number of imidazole rings is 1. The van der Waals surface area contributed by atoms with E-state index in [4.69, 9.17) is 18.7 Å². The van der Waals surface area contributed by atoms with Gasteiger partial charge in [-0.25, -0.2) is 4.98 Å². The van der Waals surface area contributed by atoms with Gasteiger partial charge in [-0.05, 0) is 73.6 Å². The summed E-state index contributed by atoms with van der Waals surface area (Å²) in [4.78, 5) is 4.90. The van der Waals surface area contributed by atoms with Crippen molar-refractivity contribution in [2.75, 3.05) is 0 Å². The van der Waals surface area contributed by atoms with Crippen molar-refractivity contribution in [1.29, 1.82) is 0 Å². The first-order valence-corrected chi connectivity index (χ1v) is 15.2. The second kappa shape index (κ2) is 11.3. The molecule has 2 nitrogen and oxygen atoms in total. The third kappa shape index (κ3) is 4.54. The lowest BCUT2D eigenvalue weighted by Crippen LogP contribution is -2.01. The van der Waals surface area contributed by atoms with Crippen molar-refractivity contribution in [3.05, 3.63) is 182 Å². The predicted octanol–water partition coefficient (Wildman–Crippen LogP) is 12.0. The normalized spacial score (nSPS) is 14.4. The van der Waals surface area contributed by atoms with E-state index in [0.29, 0.717) is 33.1 Å². The van der Waals surface area contributed by atoms with Gasteiger partial charge in [0, 0.05) is 11.1 Å². The number of para-hydroxylation sites is 3. The molecule has 0 aliphatic carbocycles. The van der Waals surface area contributed by atoms with E-state index in [1.165, 1.54) is 0 Å². The van der Waals surface area contributed by atoms with Crippen LogP contribution < -0.4 is 0 Å². The molecule has 1 heterocycles. The summed E-state index contributed by atoms with van der Waals surface area (Å²) in [6, 6.07) is 34.4. The minimum atomic E-state index is -0.496. The number of rotatable bonds is 5. The van der Waals surface area contributed by atoms with Gasteiger partial charge in [-0.15, -0.1) is 0 Å². The fraction of sp³-hybridized carbons (Fsp3) is 0. The molecule has 47 heavy (non-hydrogen) atoms. The monoisotopic (exact) mass is 608 g/mol. The van der Waals surface area contributed by atoms with Crippen molar-refractivity contribution in [3.8, 4) is 50.5 Å². The van der Waals surface area contributed by atoms with Crippen molar-refractivity contribution >= 4 is 32.6 Å². The van der Waals surface area contributed by atoms with Gasteiger partial charge in [0.1, 0.15) is 5.82 Å². The highest BCUT2D eigenvalue weighted by atomic mass is 15.1. The number of hydrogen-bond acceptors (Lipinski definition) is 1. The smallest absolute Gasteiger partial charge is 0.145 e. The lowest BCUT2D eigenvalue weighted by atomic mass is 9.84. The quantitative estimate of drug-likeness (QED) is 0.178.